The highest BCUT2D eigenvalue weighted by atomic mass is 79.9. The number of aromatic amines is 1. The quantitative estimate of drug-likeness (QED) is 0.573. The fourth-order valence-corrected chi connectivity index (χ4v) is 2.35. The molecule has 2 heterocycles. The molecule has 0 spiro atoms. The van der Waals surface area contributed by atoms with Crippen LogP contribution < -0.4 is 0 Å². The Bertz CT molecular complexity index is 838. The number of rotatable bonds is 3. The number of hydrogen-bond donors (Lipinski definition) is 1. The van der Waals surface area contributed by atoms with Crippen LogP contribution in [0.1, 0.15) is 5.56 Å². The number of benzene rings is 1. The number of H-pyrrole nitrogens is 1. The molecule has 0 aliphatic carbocycles. The van der Waals surface area contributed by atoms with Gasteiger partial charge in [0.25, 0.3) is 0 Å². The van der Waals surface area contributed by atoms with Crippen molar-refractivity contribution in [3.63, 3.8) is 0 Å². The van der Waals surface area contributed by atoms with Crippen LogP contribution >= 0.6 is 28.1 Å². The van der Waals surface area contributed by atoms with E-state index >= 15 is 0 Å². The lowest BCUT2D eigenvalue weighted by Gasteiger charge is -2.00. The molecule has 3 rings (SSSR count). The van der Waals surface area contributed by atoms with E-state index in [1.54, 1.807) is 23.3 Å². The van der Waals surface area contributed by atoms with Crippen molar-refractivity contribution in [2.75, 3.05) is 0 Å². The van der Waals surface area contributed by atoms with Gasteiger partial charge in [0.1, 0.15) is 0 Å². The topological polar surface area (TPSA) is 58.9 Å². The second-order valence-corrected chi connectivity index (χ2v) is 5.41. The summed E-state index contributed by atoms with van der Waals surface area (Å²) in [5.74, 6) is 0.622. The molecule has 21 heavy (non-hydrogen) atoms. The Balaban J connectivity index is 2.02. The van der Waals surface area contributed by atoms with E-state index in [0.717, 1.165) is 15.6 Å². The lowest BCUT2D eigenvalue weighted by atomic mass is 10.2. The van der Waals surface area contributed by atoms with Crippen LogP contribution in [0.2, 0.25) is 0 Å². The van der Waals surface area contributed by atoms with E-state index < -0.39 is 0 Å². The van der Waals surface area contributed by atoms with Crippen LogP contribution in [0.15, 0.2) is 58.4 Å². The molecule has 2 aromatic heterocycles. The van der Waals surface area contributed by atoms with Crippen LogP contribution in [0.25, 0.3) is 11.4 Å². The molecule has 0 saturated carbocycles. The van der Waals surface area contributed by atoms with Gasteiger partial charge in [-0.3, -0.25) is 4.98 Å². The molecule has 1 N–H and O–H groups in total. The lowest BCUT2D eigenvalue weighted by molar-refractivity contribution is 0.871. The number of nitrogens with one attached hydrogen (secondary N) is 1. The first-order chi connectivity index (χ1) is 10.3. The van der Waals surface area contributed by atoms with Crippen molar-refractivity contribution in [1.82, 2.24) is 19.9 Å². The minimum Gasteiger partial charge on any atom is -0.264 e. The van der Waals surface area contributed by atoms with Crippen LogP contribution in [0.5, 0.6) is 0 Å². The monoisotopic (exact) mass is 359 g/mol. The Morgan fingerprint density at radius 2 is 2.10 bits per heavy atom. The van der Waals surface area contributed by atoms with E-state index in [-0.39, 0.29) is 0 Å². The molecule has 0 amide bonds. The number of aromatic nitrogens is 4. The maximum absolute atomic E-state index is 5.22. The summed E-state index contributed by atoms with van der Waals surface area (Å²) in [6.45, 7) is 0. The molecule has 0 aliphatic rings. The van der Waals surface area contributed by atoms with Gasteiger partial charge >= 0.3 is 0 Å². The molecule has 0 aliphatic heterocycles. The van der Waals surface area contributed by atoms with Gasteiger partial charge in [-0.2, -0.15) is 14.9 Å². The van der Waals surface area contributed by atoms with E-state index in [9.17, 15) is 0 Å². The summed E-state index contributed by atoms with van der Waals surface area (Å²) >= 11 is 8.70. The number of nitrogens with zero attached hydrogens (tertiary/aromatic N) is 4. The van der Waals surface area contributed by atoms with Crippen LogP contribution in [-0.4, -0.2) is 26.1 Å². The molecule has 0 unspecified atom stereocenters. The van der Waals surface area contributed by atoms with Gasteiger partial charge in [-0.15, -0.1) is 0 Å². The van der Waals surface area contributed by atoms with Crippen LogP contribution in [-0.2, 0) is 0 Å². The van der Waals surface area contributed by atoms with Crippen molar-refractivity contribution < 1.29 is 0 Å². The summed E-state index contributed by atoms with van der Waals surface area (Å²) in [7, 11) is 0. The third-order valence-electron chi connectivity index (χ3n) is 2.79. The average molecular weight is 360 g/mol. The molecule has 7 heteroatoms. The second-order valence-electron chi connectivity index (χ2n) is 4.17. The molecule has 0 atom stereocenters. The Morgan fingerprint density at radius 1 is 1.24 bits per heavy atom. The molecular weight excluding hydrogens is 350 g/mol. The molecule has 5 nitrogen and oxygen atoms in total. The molecule has 3 aromatic rings. The Labute approximate surface area is 134 Å². The predicted molar refractivity (Wildman–Crippen MR) is 87.8 cm³/mol. The molecule has 1 aromatic carbocycles. The Hall–Kier alpha value is -2.12. The smallest absolute Gasteiger partial charge is 0.216 e. The largest absolute Gasteiger partial charge is 0.264 e. The highest BCUT2D eigenvalue weighted by Gasteiger charge is 2.07. The van der Waals surface area contributed by atoms with Crippen molar-refractivity contribution in [2.24, 2.45) is 5.10 Å². The summed E-state index contributed by atoms with van der Waals surface area (Å²) in [6.07, 6.45) is 5.16. The van der Waals surface area contributed by atoms with Crippen molar-refractivity contribution in [3.8, 4) is 11.4 Å². The minimum atomic E-state index is 0.428. The summed E-state index contributed by atoms with van der Waals surface area (Å²) in [4.78, 5) is 4.08. The number of pyridine rings is 1. The first-order valence-corrected chi connectivity index (χ1v) is 7.32. The third-order valence-corrected chi connectivity index (χ3v) is 3.77. The van der Waals surface area contributed by atoms with Gasteiger partial charge in [0.2, 0.25) is 4.77 Å². The van der Waals surface area contributed by atoms with Gasteiger partial charge in [-0.1, -0.05) is 34.1 Å². The van der Waals surface area contributed by atoms with E-state index in [1.807, 2.05) is 36.4 Å². The fourth-order valence-electron chi connectivity index (χ4n) is 1.78. The van der Waals surface area contributed by atoms with Crippen LogP contribution in [0.3, 0.4) is 0 Å². The van der Waals surface area contributed by atoms with Crippen molar-refractivity contribution in [2.45, 2.75) is 0 Å². The van der Waals surface area contributed by atoms with Gasteiger partial charge in [-0.05, 0) is 30.4 Å². The van der Waals surface area contributed by atoms with E-state index in [1.165, 1.54) is 0 Å². The molecular formula is C14H10BrN5S. The maximum Gasteiger partial charge on any atom is 0.216 e. The molecule has 0 radical (unpaired) electrons. The zero-order chi connectivity index (χ0) is 14.7. The lowest BCUT2D eigenvalue weighted by Crippen LogP contribution is -1.95. The third kappa shape index (κ3) is 2.98. The standard InChI is InChI=1S/C14H10BrN5S/c15-12-6-2-1-4-10(12)9-17-20-13(18-19-14(20)21)11-5-3-7-16-8-11/h1-9H,(H,19,21)/b17-9+. The molecule has 0 fully saturated rings. The highest BCUT2D eigenvalue weighted by molar-refractivity contribution is 9.10. The average Bonchev–Trinajstić information content (AvgIpc) is 2.88. The predicted octanol–water partition coefficient (Wildman–Crippen LogP) is 3.65. The number of hydrogen-bond acceptors (Lipinski definition) is 4. The van der Waals surface area contributed by atoms with Gasteiger partial charge in [0, 0.05) is 28.0 Å². The van der Waals surface area contributed by atoms with Gasteiger partial charge in [-0.25, -0.2) is 5.10 Å². The van der Waals surface area contributed by atoms with Gasteiger partial charge in [0.15, 0.2) is 5.82 Å². The van der Waals surface area contributed by atoms with Crippen molar-refractivity contribution >= 4 is 34.4 Å². The minimum absolute atomic E-state index is 0.428. The van der Waals surface area contributed by atoms with E-state index in [4.69, 9.17) is 12.2 Å². The first kappa shape index (κ1) is 13.8. The van der Waals surface area contributed by atoms with Crippen LogP contribution in [0, 0.1) is 4.77 Å². The van der Waals surface area contributed by atoms with Crippen molar-refractivity contribution in [1.29, 1.82) is 0 Å². The van der Waals surface area contributed by atoms with Crippen molar-refractivity contribution in [3.05, 3.63) is 63.6 Å². The maximum atomic E-state index is 5.22. The second kappa shape index (κ2) is 6.11. The van der Waals surface area contributed by atoms with E-state index in [0.29, 0.717) is 10.6 Å². The Kier molecular flexibility index (Phi) is 4.03. The fraction of sp³-hybridized carbons (Fsp3) is 0. The SMILES string of the molecule is S=c1[nH]nc(-c2cccnc2)n1/N=C/c1ccccc1Br. The first-order valence-electron chi connectivity index (χ1n) is 6.12. The van der Waals surface area contributed by atoms with Crippen LogP contribution in [0.4, 0.5) is 0 Å². The normalized spacial score (nSPS) is 11.1. The van der Waals surface area contributed by atoms with Gasteiger partial charge < -0.3 is 0 Å². The molecule has 0 saturated heterocycles. The van der Waals surface area contributed by atoms with Gasteiger partial charge in [0.05, 0.1) is 6.21 Å². The zero-order valence-corrected chi connectivity index (χ0v) is 13.2. The van der Waals surface area contributed by atoms with E-state index in [2.05, 4.69) is 36.2 Å². The summed E-state index contributed by atoms with van der Waals surface area (Å²) in [5, 5.41) is 11.4. The zero-order valence-electron chi connectivity index (χ0n) is 10.8. The summed E-state index contributed by atoms with van der Waals surface area (Å²) in [6, 6.07) is 11.6. The highest BCUT2D eigenvalue weighted by Crippen LogP contribution is 2.17. The Morgan fingerprint density at radius 3 is 2.86 bits per heavy atom. The summed E-state index contributed by atoms with van der Waals surface area (Å²) < 4.78 is 2.97. The summed E-state index contributed by atoms with van der Waals surface area (Å²) in [5.41, 5.74) is 1.80. The molecule has 104 valence electrons. The number of halogens is 1. The molecule has 0 bridgehead atoms.